The maximum atomic E-state index is 12.4. The SMILES string of the molecule is CCCCOc1ccc(CCCC(C(=O)O)N2CCN(CC(=O)[O-])CCN(CC(=O)[O-])CCN(CC(=O)[O-])CC2)cc1.[Gd+3]. The van der Waals surface area contributed by atoms with E-state index in [2.05, 4.69) is 6.92 Å². The number of carboxylic acids is 4. The summed E-state index contributed by atoms with van der Waals surface area (Å²) in [6, 6.07) is 6.87. The molecule has 1 fully saturated rings. The van der Waals surface area contributed by atoms with Crippen molar-refractivity contribution in [3.05, 3.63) is 29.8 Å². The zero-order valence-electron chi connectivity index (χ0n) is 24.8. The first kappa shape index (κ1) is 39.1. The number of aryl methyl sites for hydroxylation is 1. The van der Waals surface area contributed by atoms with Crippen LogP contribution in [0.1, 0.15) is 38.2 Å². The number of hydrogen-bond donors (Lipinski definition) is 1. The summed E-state index contributed by atoms with van der Waals surface area (Å²) >= 11 is 0. The van der Waals surface area contributed by atoms with E-state index >= 15 is 0 Å². The molecule has 1 saturated heterocycles. The van der Waals surface area contributed by atoms with Crippen molar-refractivity contribution < 1.29 is 84.3 Å². The van der Waals surface area contributed by atoms with Crippen LogP contribution in [0.25, 0.3) is 0 Å². The number of carboxylic acid groups (broad SMARTS) is 4. The number of aliphatic carboxylic acids is 4. The Morgan fingerprint density at radius 2 is 1.21 bits per heavy atom. The fourth-order valence-electron chi connectivity index (χ4n) is 4.93. The van der Waals surface area contributed by atoms with Gasteiger partial charge >= 0.3 is 45.9 Å². The molecule has 1 aliphatic heterocycles. The zero-order chi connectivity index (χ0) is 30.9. The number of carbonyl (C=O) groups is 4. The Bertz CT molecular complexity index is 967. The minimum absolute atomic E-state index is 0. The number of unbranched alkanes of at least 4 members (excludes halogenated alkanes) is 1. The third kappa shape index (κ3) is 16.6. The molecule has 14 heteroatoms. The molecule has 1 aromatic rings. The second kappa shape index (κ2) is 21.7. The molecule has 1 radical (unpaired) electrons. The molecule has 2 rings (SSSR count). The topological polar surface area (TPSA) is 180 Å². The summed E-state index contributed by atoms with van der Waals surface area (Å²) in [5.74, 6) is -4.11. The van der Waals surface area contributed by atoms with Crippen molar-refractivity contribution >= 4 is 23.9 Å². The molecule has 1 aliphatic rings. The predicted molar refractivity (Wildman–Crippen MR) is 147 cm³/mol. The van der Waals surface area contributed by atoms with Gasteiger partial charge in [0.25, 0.3) is 0 Å². The predicted octanol–water partition coefficient (Wildman–Crippen LogP) is -2.89. The van der Waals surface area contributed by atoms with E-state index in [1.807, 2.05) is 24.3 Å². The molecule has 0 saturated carbocycles. The van der Waals surface area contributed by atoms with Gasteiger partial charge in [0.15, 0.2) is 0 Å². The van der Waals surface area contributed by atoms with Gasteiger partial charge in [-0.25, -0.2) is 0 Å². The van der Waals surface area contributed by atoms with E-state index in [1.165, 1.54) is 0 Å². The van der Waals surface area contributed by atoms with Crippen LogP contribution in [0, 0.1) is 39.9 Å². The minimum Gasteiger partial charge on any atom is -0.549 e. The number of nitrogens with zero attached hydrogens (tertiary/aromatic N) is 4. The van der Waals surface area contributed by atoms with E-state index in [-0.39, 0.29) is 112 Å². The second-order valence-electron chi connectivity index (χ2n) is 10.6. The summed E-state index contributed by atoms with van der Waals surface area (Å²) in [6.07, 6.45) is 3.62. The summed E-state index contributed by atoms with van der Waals surface area (Å²) in [5.41, 5.74) is 1.05. The van der Waals surface area contributed by atoms with Crippen LogP contribution < -0.4 is 20.1 Å². The van der Waals surface area contributed by atoms with Crippen molar-refractivity contribution in [3.8, 4) is 5.75 Å². The number of hydrogen-bond acceptors (Lipinski definition) is 12. The molecule has 13 nitrogen and oxygen atoms in total. The molecule has 241 valence electrons. The van der Waals surface area contributed by atoms with E-state index in [1.54, 1.807) is 19.6 Å². The number of ether oxygens (including phenoxy) is 1. The van der Waals surface area contributed by atoms with Crippen molar-refractivity contribution in [1.82, 2.24) is 19.6 Å². The Morgan fingerprint density at radius 1 is 0.767 bits per heavy atom. The number of carbonyl (C=O) groups excluding carboxylic acids is 3. The van der Waals surface area contributed by atoms with E-state index < -0.39 is 29.9 Å². The van der Waals surface area contributed by atoms with Crippen LogP contribution in [0.5, 0.6) is 5.75 Å². The average molecular weight is 749 g/mol. The summed E-state index contributed by atoms with van der Waals surface area (Å²) < 4.78 is 5.70. The van der Waals surface area contributed by atoms with E-state index in [0.717, 1.165) is 24.2 Å². The maximum Gasteiger partial charge on any atom is 3.00 e. The fraction of sp³-hybridized carbons (Fsp3) is 0.655. The van der Waals surface area contributed by atoms with Crippen molar-refractivity contribution in [2.24, 2.45) is 0 Å². The Morgan fingerprint density at radius 3 is 1.60 bits per heavy atom. The standard InChI is InChI=1S/C29H46N4O9.Gd/c1-2-3-19-42-24-9-7-23(8-10-24)5-4-6-25(29(40)41)33-17-15-31(21-27(36)37)13-11-30(20-26(34)35)12-14-32(16-18-33)22-28(38)39;/h7-10,25H,2-6,11-22H2,1H3,(H,34,35)(H,36,37)(H,38,39)(H,40,41);/q;+3/p-3. The Kier molecular flexibility index (Phi) is 19.7. The molecule has 1 N–H and O–H groups in total. The van der Waals surface area contributed by atoms with Gasteiger partial charge in [-0.2, -0.15) is 0 Å². The molecule has 1 unspecified atom stereocenters. The Balaban J connectivity index is 0.00000924. The molecule has 1 atom stereocenters. The van der Waals surface area contributed by atoms with Crippen LogP contribution in [0.3, 0.4) is 0 Å². The molecule has 0 spiro atoms. The number of rotatable bonds is 16. The van der Waals surface area contributed by atoms with Crippen LogP contribution in [0.4, 0.5) is 0 Å². The summed E-state index contributed by atoms with van der Waals surface area (Å²) in [7, 11) is 0. The van der Waals surface area contributed by atoms with Crippen molar-refractivity contribution in [2.45, 2.75) is 45.1 Å². The van der Waals surface area contributed by atoms with Gasteiger partial charge in [0.2, 0.25) is 0 Å². The molecule has 0 aromatic heterocycles. The maximum absolute atomic E-state index is 12.4. The van der Waals surface area contributed by atoms with Crippen LogP contribution >= 0.6 is 0 Å². The van der Waals surface area contributed by atoms with Crippen molar-refractivity contribution in [1.29, 1.82) is 0 Å². The Labute approximate surface area is 285 Å². The van der Waals surface area contributed by atoms with Crippen molar-refractivity contribution in [2.75, 3.05) is 78.6 Å². The van der Waals surface area contributed by atoms with E-state index in [0.29, 0.717) is 25.9 Å². The van der Waals surface area contributed by atoms with E-state index in [4.69, 9.17) is 4.74 Å². The van der Waals surface area contributed by atoms with Gasteiger partial charge in [0.1, 0.15) is 11.8 Å². The monoisotopic (exact) mass is 749 g/mol. The van der Waals surface area contributed by atoms with Crippen molar-refractivity contribution in [3.63, 3.8) is 0 Å². The summed E-state index contributed by atoms with van der Waals surface area (Å²) in [5, 5.41) is 44.1. The van der Waals surface area contributed by atoms with Gasteiger partial charge in [0.05, 0.1) is 24.5 Å². The first-order chi connectivity index (χ1) is 20.1. The fourth-order valence-corrected chi connectivity index (χ4v) is 4.93. The van der Waals surface area contributed by atoms with Gasteiger partial charge < -0.3 is 39.5 Å². The smallest absolute Gasteiger partial charge is 0.549 e. The molecule has 0 bridgehead atoms. The van der Waals surface area contributed by atoms with Crippen LogP contribution in [-0.4, -0.2) is 133 Å². The molecular formula is C29H43GdN4O9. The second-order valence-corrected chi connectivity index (χ2v) is 10.6. The largest absolute Gasteiger partial charge is 3.00 e. The first-order valence-electron chi connectivity index (χ1n) is 14.5. The summed E-state index contributed by atoms with van der Waals surface area (Å²) in [4.78, 5) is 52.9. The third-order valence-electron chi connectivity index (χ3n) is 7.29. The quantitative estimate of drug-likeness (QED) is 0.171. The molecule has 1 heterocycles. The number of benzene rings is 1. The van der Waals surface area contributed by atoms with Gasteiger partial charge in [-0.15, -0.1) is 0 Å². The Hall–Kier alpha value is -1.94. The molecular weight excluding hydrogens is 706 g/mol. The van der Waals surface area contributed by atoms with Crippen LogP contribution in [0.15, 0.2) is 24.3 Å². The van der Waals surface area contributed by atoms with Gasteiger partial charge in [-0.05, 0) is 43.4 Å². The normalized spacial score (nSPS) is 17.1. The zero-order valence-corrected chi connectivity index (χ0v) is 27.0. The molecule has 0 aliphatic carbocycles. The van der Waals surface area contributed by atoms with Gasteiger partial charge in [0, 0.05) is 72.0 Å². The van der Waals surface area contributed by atoms with Crippen LogP contribution in [0.2, 0.25) is 0 Å². The first-order valence-corrected chi connectivity index (χ1v) is 14.5. The average Bonchev–Trinajstić information content (AvgIpc) is 2.91. The van der Waals surface area contributed by atoms with Gasteiger partial charge in [-0.1, -0.05) is 25.5 Å². The molecule has 0 amide bonds. The molecule has 43 heavy (non-hydrogen) atoms. The summed E-state index contributed by atoms with van der Waals surface area (Å²) in [6.45, 7) is 3.23. The minimum atomic E-state index is -1.30. The van der Waals surface area contributed by atoms with E-state index in [9.17, 15) is 39.6 Å². The molecule has 1 aromatic carbocycles. The van der Waals surface area contributed by atoms with Gasteiger partial charge in [-0.3, -0.25) is 24.4 Å². The third-order valence-corrected chi connectivity index (χ3v) is 7.29. The van der Waals surface area contributed by atoms with Crippen LogP contribution in [-0.2, 0) is 25.6 Å².